The average Bonchev–Trinajstić information content (AvgIpc) is 2.81. The molecule has 0 unspecified atom stereocenters. The zero-order valence-electron chi connectivity index (χ0n) is 10.5. The van der Waals surface area contributed by atoms with Crippen molar-refractivity contribution in [2.24, 2.45) is 11.7 Å². The lowest BCUT2D eigenvalue weighted by molar-refractivity contribution is 0.338. The summed E-state index contributed by atoms with van der Waals surface area (Å²) >= 11 is 0. The monoisotopic (exact) mass is 244 g/mol. The van der Waals surface area contributed by atoms with Crippen LogP contribution in [0, 0.1) is 5.92 Å². The number of hydrogen-bond acceptors (Lipinski definition) is 3. The van der Waals surface area contributed by atoms with Gasteiger partial charge in [-0.15, -0.1) is 0 Å². The zero-order valence-corrected chi connectivity index (χ0v) is 10.5. The van der Waals surface area contributed by atoms with Gasteiger partial charge in [-0.1, -0.05) is 12.1 Å². The predicted molar refractivity (Wildman–Crippen MR) is 74.5 cm³/mol. The summed E-state index contributed by atoms with van der Waals surface area (Å²) in [5.41, 5.74) is 8.02. The highest BCUT2D eigenvalue weighted by Crippen LogP contribution is 2.23. The first kappa shape index (κ1) is 11.5. The molecule has 1 heterocycles. The van der Waals surface area contributed by atoms with E-state index >= 15 is 0 Å². The first-order chi connectivity index (χ1) is 8.81. The molecule has 4 nitrogen and oxygen atoms in total. The number of benzene rings is 1. The van der Waals surface area contributed by atoms with Gasteiger partial charge in [-0.25, -0.2) is 4.98 Å². The molecule has 1 aliphatic rings. The average molecular weight is 244 g/mol. The van der Waals surface area contributed by atoms with Gasteiger partial charge in [0.15, 0.2) is 0 Å². The highest BCUT2D eigenvalue weighted by atomic mass is 15.1. The molecule has 0 aliphatic heterocycles. The summed E-state index contributed by atoms with van der Waals surface area (Å²) in [6.07, 6.45) is 4.78. The Morgan fingerprint density at radius 2 is 2.00 bits per heavy atom. The van der Waals surface area contributed by atoms with Crippen molar-refractivity contribution in [3.63, 3.8) is 0 Å². The molecular weight excluding hydrogens is 224 g/mol. The van der Waals surface area contributed by atoms with Crippen molar-refractivity contribution in [1.82, 2.24) is 9.97 Å². The normalized spacial score (nSPS) is 24.3. The number of nitrogens with two attached hydrogens (primary N) is 1. The van der Waals surface area contributed by atoms with E-state index in [0.29, 0.717) is 6.04 Å². The predicted octanol–water partition coefficient (Wildman–Crippen LogP) is 2.49. The maximum absolute atomic E-state index is 5.92. The van der Waals surface area contributed by atoms with Crippen molar-refractivity contribution in [2.45, 2.75) is 31.7 Å². The molecule has 1 saturated carbocycles. The molecule has 2 aromatic rings. The maximum atomic E-state index is 5.92. The fraction of sp³-hybridized carbons (Fsp3) is 0.500. The van der Waals surface area contributed by atoms with Crippen LogP contribution in [0.2, 0.25) is 0 Å². The molecule has 0 radical (unpaired) electrons. The SMILES string of the molecule is NC1CCC(CNc2nc3ccccc3[nH]2)CC1. The Balaban J connectivity index is 1.59. The van der Waals surface area contributed by atoms with E-state index in [2.05, 4.69) is 15.3 Å². The number of anilines is 1. The third-order valence-corrected chi connectivity index (χ3v) is 3.84. The summed E-state index contributed by atoms with van der Waals surface area (Å²) in [4.78, 5) is 7.82. The molecule has 1 fully saturated rings. The second-order valence-corrected chi connectivity index (χ2v) is 5.26. The number of imidazole rings is 1. The van der Waals surface area contributed by atoms with E-state index in [4.69, 9.17) is 5.73 Å². The van der Waals surface area contributed by atoms with E-state index in [1.165, 1.54) is 12.8 Å². The minimum atomic E-state index is 0.424. The van der Waals surface area contributed by atoms with Gasteiger partial charge in [-0.05, 0) is 43.7 Å². The fourth-order valence-corrected chi connectivity index (χ4v) is 2.67. The minimum Gasteiger partial charge on any atom is -0.356 e. The van der Waals surface area contributed by atoms with Crippen LogP contribution in [0.4, 0.5) is 5.95 Å². The van der Waals surface area contributed by atoms with Crippen LogP contribution in [-0.2, 0) is 0 Å². The van der Waals surface area contributed by atoms with Crippen molar-refractivity contribution in [3.05, 3.63) is 24.3 Å². The van der Waals surface area contributed by atoms with Crippen LogP contribution >= 0.6 is 0 Å². The third kappa shape index (κ3) is 2.48. The summed E-state index contributed by atoms with van der Waals surface area (Å²) in [5.74, 6) is 1.61. The molecule has 3 rings (SSSR count). The number of rotatable bonds is 3. The van der Waals surface area contributed by atoms with Gasteiger partial charge in [-0.2, -0.15) is 0 Å². The van der Waals surface area contributed by atoms with Gasteiger partial charge < -0.3 is 16.0 Å². The molecule has 18 heavy (non-hydrogen) atoms. The highest BCUT2D eigenvalue weighted by Gasteiger charge is 2.18. The lowest BCUT2D eigenvalue weighted by Crippen LogP contribution is -2.29. The van der Waals surface area contributed by atoms with E-state index in [9.17, 15) is 0 Å². The highest BCUT2D eigenvalue weighted by molar-refractivity contribution is 5.77. The van der Waals surface area contributed by atoms with Gasteiger partial charge in [0.1, 0.15) is 0 Å². The molecule has 1 aromatic carbocycles. The van der Waals surface area contributed by atoms with Crippen LogP contribution in [-0.4, -0.2) is 22.6 Å². The van der Waals surface area contributed by atoms with Crippen molar-refractivity contribution in [1.29, 1.82) is 0 Å². The molecule has 4 N–H and O–H groups in total. The van der Waals surface area contributed by atoms with E-state index in [-0.39, 0.29) is 0 Å². The van der Waals surface area contributed by atoms with Gasteiger partial charge in [0, 0.05) is 12.6 Å². The number of fused-ring (bicyclic) bond motifs is 1. The first-order valence-corrected chi connectivity index (χ1v) is 6.75. The number of hydrogen-bond donors (Lipinski definition) is 3. The number of para-hydroxylation sites is 2. The minimum absolute atomic E-state index is 0.424. The molecular formula is C14H20N4. The molecule has 4 heteroatoms. The first-order valence-electron chi connectivity index (χ1n) is 6.75. The van der Waals surface area contributed by atoms with Gasteiger partial charge in [0.25, 0.3) is 0 Å². The summed E-state index contributed by atoms with van der Waals surface area (Å²) in [7, 11) is 0. The standard InChI is InChI=1S/C14H20N4/c15-11-7-5-10(6-8-11)9-16-14-17-12-3-1-2-4-13(12)18-14/h1-4,10-11H,5-9,15H2,(H2,16,17,18). The van der Waals surface area contributed by atoms with Gasteiger partial charge in [-0.3, -0.25) is 0 Å². The number of nitrogens with one attached hydrogen (secondary N) is 2. The van der Waals surface area contributed by atoms with Crippen LogP contribution < -0.4 is 11.1 Å². The van der Waals surface area contributed by atoms with E-state index < -0.39 is 0 Å². The Bertz CT molecular complexity index is 478. The second kappa shape index (κ2) is 4.98. The zero-order chi connectivity index (χ0) is 12.4. The van der Waals surface area contributed by atoms with Crippen molar-refractivity contribution >= 4 is 17.0 Å². The largest absolute Gasteiger partial charge is 0.356 e. The molecule has 0 atom stereocenters. The Labute approximate surface area is 107 Å². The number of aromatic nitrogens is 2. The number of nitrogens with zero attached hydrogens (tertiary/aromatic N) is 1. The van der Waals surface area contributed by atoms with Crippen molar-refractivity contribution in [3.8, 4) is 0 Å². The van der Waals surface area contributed by atoms with Crippen LogP contribution in [0.15, 0.2) is 24.3 Å². The van der Waals surface area contributed by atoms with E-state index in [0.717, 1.165) is 42.3 Å². The van der Waals surface area contributed by atoms with Crippen LogP contribution in [0.25, 0.3) is 11.0 Å². The summed E-state index contributed by atoms with van der Waals surface area (Å²) in [5, 5.41) is 3.41. The Morgan fingerprint density at radius 3 is 2.78 bits per heavy atom. The second-order valence-electron chi connectivity index (χ2n) is 5.26. The lowest BCUT2D eigenvalue weighted by Gasteiger charge is -2.25. The molecule has 0 spiro atoms. The summed E-state index contributed by atoms with van der Waals surface area (Å²) in [6, 6.07) is 8.53. The van der Waals surface area contributed by atoms with Gasteiger partial charge >= 0.3 is 0 Å². The molecule has 1 aromatic heterocycles. The third-order valence-electron chi connectivity index (χ3n) is 3.84. The van der Waals surface area contributed by atoms with Crippen molar-refractivity contribution < 1.29 is 0 Å². The Hall–Kier alpha value is -1.55. The lowest BCUT2D eigenvalue weighted by atomic mass is 9.86. The van der Waals surface area contributed by atoms with E-state index in [1.807, 2.05) is 24.3 Å². The van der Waals surface area contributed by atoms with Crippen LogP contribution in [0.3, 0.4) is 0 Å². The molecule has 0 bridgehead atoms. The number of aromatic amines is 1. The maximum Gasteiger partial charge on any atom is 0.201 e. The smallest absolute Gasteiger partial charge is 0.201 e. The van der Waals surface area contributed by atoms with E-state index in [1.54, 1.807) is 0 Å². The quantitative estimate of drug-likeness (QED) is 0.777. The number of H-pyrrole nitrogens is 1. The Morgan fingerprint density at radius 1 is 1.22 bits per heavy atom. The molecule has 0 amide bonds. The van der Waals surface area contributed by atoms with Gasteiger partial charge in [0.05, 0.1) is 11.0 Å². The molecule has 1 aliphatic carbocycles. The van der Waals surface area contributed by atoms with Gasteiger partial charge in [0.2, 0.25) is 5.95 Å². The molecule has 0 saturated heterocycles. The summed E-state index contributed by atoms with van der Waals surface area (Å²) < 4.78 is 0. The summed E-state index contributed by atoms with van der Waals surface area (Å²) in [6.45, 7) is 0.993. The van der Waals surface area contributed by atoms with Crippen LogP contribution in [0.5, 0.6) is 0 Å². The molecule has 96 valence electrons. The van der Waals surface area contributed by atoms with Crippen LogP contribution in [0.1, 0.15) is 25.7 Å². The van der Waals surface area contributed by atoms with Crippen molar-refractivity contribution in [2.75, 3.05) is 11.9 Å². The Kier molecular flexibility index (Phi) is 3.19. The topological polar surface area (TPSA) is 66.7 Å². The fourth-order valence-electron chi connectivity index (χ4n) is 2.67.